The van der Waals surface area contributed by atoms with Crippen LogP contribution in [0.15, 0.2) is 28.9 Å². The third kappa shape index (κ3) is 4.15. The van der Waals surface area contributed by atoms with Crippen molar-refractivity contribution in [3.63, 3.8) is 0 Å². The van der Waals surface area contributed by atoms with Crippen LogP contribution < -0.4 is 0 Å². The van der Waals surface area contributed by atoms with Crippen molar-refractivity contribution < 1.29 is 0 Å². The third-order valence-electron chi connectivity index (χ3n) is 3.62. The van der Waals surface area contributed by atoms with Crippen molar-refractivity contribution in [3.05, 3.63) is 62.4 Å². The van der Waals surface area contributed by atoms with Crippen LogP contribution in [0.25, 0.3) is 0 Å². The van der Waals surface area contributed by atoms with E-state index < -0.39 is 0 Å². The van der Waals surface area contributed by atoms with E-state index in [-0.39, 0.29) is 7.43 Å². The maximum absolute atomic E-state index is 9.12. The molecule has 0 aliphatic heterocycles. The molecule has 2 aromatic rings. The van der Waals surface area contributed by atoms with Crippen LogP contribution in [0.1, 0.15) is 40.9 Å². The number of nitriles is 1. The van der Waals surface area contributed by atoms with Gasteiger partial charge in [0.15, 0.2) is 0 Å². The van der Waals surface area contributed by atoms with Crippen molar-refractivity contribution in [3.8, 4) is 6.07 Å². The zero-order valence-electron chi connectivity index (χ0n) is 12.0. The SMILES string of the molecule is C.Cc1cc(C)c(C)c(CCc2cc(Br)cnc2C#N)c1. The first kappa shape index (κ1) is 17.4. The fourth-order valence-corrected chi connectivity index (χ4v) is 2.81. The van der Waals surface area contributed by atoms with Crippen LogP contribution in [0, 0.1) is 32.1 Å². The van der Waals surface area contributed by atoms with Gasteiger partial charge in [0.05, 0.1) is 0 Å². The summed E-state index contributed by atoms with van der Waals surface area (Å²) in [6.45, 7) is 6.43. The number of pyridine rings is 1. The number of halogens is 1. The highest BCUT2D eigenvalue weighted by atomic mass is 79.9. The molecule has 0 aliphatic rings. The summed E-state index contributed by atoms with van der Waals surface area (Å²) in [6, 6.07) is 8.60. The quantitative estimate of drug-likeness (QED) is 0.779. The fourth-order valence-electron chi connectivity index (χ4n) is 2.43. The van der Waals surface area contributed by atoms with Gasteiger partial charge in [0.2, 0.25) is 0 Å². The first-order valence-corrected chi connectivity index (χ1v) is 7.42. The Balaban J connectivity index is 0.00000220. The van der Waals surface area contributed by atoms with Crippen LogP contribution in [0.4, 0.5) is 0 Å². The van der Waals surface area contributed by atoms with Gasteiger partial charge in [-0.25, -0.2) is 4.98 Å². The van der Waals surface area contributed by atoms with Crippen molar-refractivity contribution in [2.75, 3.05) is 0 Å². The van der Waals surface area contributed by atoms with Gasteiger partial charge >= 0.3 is 0 Å². The summed E-state index contributed by atoms with van der Waals surface area (Å²) in [7, 11) is 0. The average Bonchev–Trinajstić information content (AvgIpc) is 2.41. The van der Waals surface area contributed by atoms with E-state index in [1.807, 2.05) is 6.07 Å². The predicted octanol–water partition coefficient (Wildman–Crippen LogP) is 5.06. The highest BCUT2D eigenvalue weighted by Crippen LogP contribution is 2.20. The van der Waals surface area contributed by atoms with Gasteiger partial charge in [0.1, 0.15) is 11.8 Å². The second-order valence-corrected chi connectivity index (χ2v) is 6.05. The van der Waals surface area contributed by atoms with Crippen molar-refractivity contribution >= 4 is 15.9 Å². The molecule has 0 bridgehead atoms. The minimum absolute atomic E-state index is 0. The molecule has 0 unspecified atom stereocenters. The molecule has 0 atom stereocenters. The molecule has 0 saturated carbocycles. The van der Waals surface area contributed by atoms with E-state index >= 15 is 0 Å². The number of rotatable bonds is 3. The Morgan fingerprint density at radius 3 is 2.43 bits per heavy atom. The summed E-state index contributed by atoms with van der Waals surface area (Å²) < 4.78 is 0.920. The van der Waals surface area contributed by atoms with Gasteiger partial charge in [-0.3, -0.25) is 0 Å². The van der Waals surface area contributed by atoms with E-state index in [0.717, 1.165) is 22.9 Å². The van der Waals surface area contributed by atoms with Crippen molar-refractivity contribution in [2.45, 2.75) is 41.0 Å². The van der Waals surface area contributed by atoms with E-state index in [1.54, 1.807) is 6.20 Å². The summed E-state index contributed by atoms with van der Waals surface area (Å²) >= 11 is 3.42. The van der Waals surface area contributed by atoms with Crippen LogP contribution in [0.2, 0.25) is 0 Å². The first-order chi connectivity index (χ1) is 9.51. The van der Waals surface area contributed by atoms with Gasteiger partial charge in [-0.15, -0.1) is 0 Å². The molecule has 1 aromatic heterocycles. The molecule has 2 nitrogen and oxygen atoms in total. The van der Waals surface area contributed by atoms with Gasteiger partial charge in [0, 0.05) is 10.7 Å². The molecule has 110 valence electrons. The fraction of sp³-hybridized carbons (Fsp3) is 0.333. The zero-order chi connectivity index (χ0) is 14.7. The number of aryl methyl sites for hydroxylation is 4. The Labute approximate surface area is 136 Å². The molecular weight excluding hydrogens is 324 g/mol. The Hall–Kier alpha value is -1.66. The van der Waals surface area contributed by atoms with Crippen LogP contribution >= 0.6 is 15.9 Å². The Kier molecular flexibility index (Phi) is 6.11. The van der Waals surface area contributed by atoms with Crippen LogP contribution in [0.5, 0.6) is 0 Å². The molecule has 2 rings (SSSR count). The molecule has 0 fully saturated rings. The minimum Gasteiger partial charge on any atom is -0.244 e. The lowest BCUT2D eigenvalue weighted by Gasteiger charge is -2.11. The van der Waals surface area contributed by atoms with Gasteiger partial charge in [-0.1, -0.05) is 25.1 Å². The molecule has 21 heavy (non-hydrogen) atoms. The topological polar surface area (TPSA) is 36.7 Å². The van der Waals surface area contributed by atoms with Gasteiger partial charge in [-0.05, 0) is 77.9 Å². The molecule has 0 aliphatic carbocycles. The van der Waals surface area contributed by atoms with Crippen molar-refractivity contribution in [2.24, 2.45) is 0 Å². The second-order valence-electron chi connectivity index (χ2n) is 5.14. The minimum atomic E-state index is 0. The van der Waals surface area contributed by atoms with Crippen LogP contribution in [-0.4, -0.2) is 4.98 Å². The molecule has 0 radical (unpaired) electrons. The molecular formula is C18H21BrN2. The number of benzene rings is 1. The maximum atomic E-state index is 9.12. The lowest BCUT2D eigenvalue weighted by molar-refractivity contribution is 0.926. The Morgan fingerprint density at radius 1 is 1.10 bits per heavy atom. The molecule has 0 N–H and O–H groups in total. The van der Waals surface area contributed by atoms with Gasteiger partial charge in [-0.2, -0.15) is 5.26 Å². The maximum Gasteiger partial charge on any atom is 0.143 e. The highest BCUT2D eigenvalue weighted by molar-refractivity contribution is 9.10. The summed E-state index contributed by atoms with van der Waals surface area (Å²) in [5.74, 6) is 0. The summed E-state index contributed by atoms with van der Waals surface area (Å²) in [5.41, 5.74) is 6.84. The zero-order valence-corrected chi connectivity index (χ0v) is 13.6. The molecule has 0 saturated heterocycles. The average molecular weight is 345 g/mol. The first-order valence-electron chi connectivity index (χ1n) is 6.62. The van der Waals surface area contributed by atoms with E-state index in [9.17, 15) is 0 Å². The molecule has 1 aromatic carbocycles. The van der Waals surface area contributed by atoms with E-state index in [4.69, 9.17) is 5.26 Å². The molecule has 1 heterocycles. The standard InChI is InChI=1S/C17H17BrN2.CH4/c1-11-6-12(2)13(3)14(7-11)4-5-15-8-16(18)10-20-17(15)9-19;/h6-8,10H,4-5H2,1-3H3;1H4. The lowest BCUT2D eigenvalue weighted by Crippen LogP contribution is -2.00. The summed E-state index contributed by atoms with van der Waals surface area (Å²) in [5, 5.41) is 9.12. The van der Waals surface area contributed by atoms with E-state index in [2.05, 4.69) is 59.9 Å². The van der Waals surface area contributed by atoms with Gasteiger partial charge < -0.3 is 0 Å². The number of aromatic nitrogens is 1. The predicted molar refractivity (Wildman–Crippen MR) is 91.4 cm³/mol. The summed E-state index contributed by atoms with van der Waals surface area (Å²) in [6.07, 6.45) is 3.43. The smallest absolute Gasteiger partial charge is 0.143 e. The normalized spacial score (nSPS) is 9.86. The number of hydrogen-bond acceptors (Lipinski definition) is 2. The molecule has 0 spiro atoms. The Morgan fingerprint density at radius 2 is 1.76 bits per heavy atom. The van der Waals surface area contributed by atoms with E-state index in [0.29, 0.717) is 5.69 Å². The molecule has 0 amide bonds. The van der Waals surface area contributed by atoms with E-state index in [1.165, 1.54) is 22.3 Å². The second kappa shape index (κ2) is 7.38. The van der Waals surface area contributed by atoms with Crippen molar-refractivity contribution in [1.82, 2.24) is 4.98 Å². The lowest BCUT2D eigenvalue weighted by atomic mass is 9.95. The van der Waals surface area contributed by atoms with Gasteiger partial charge in [0.25, 0.3) is 0 Å². The highest BCUT2D eigenvalue weighted by Gasteiger charge is 2.07. The monoisotopic (exact) mass is 344 g/mol. The number of hydrogen-bond donors (Lipinski definition) is 0. The largest absolute Gasteiger partial charge is 0.244 e. The van der Waals surface area contributed by atoms with Crippen LogP contribution in [0.3, 0.4) is 0 Å². The van der Waals surface area contributed by atoms with Crippen LogP contribution in [-0.2, 0) is 12.8 Å². The summed E-state index contributed by atoms with van der Waals surface area (Å²) in [4.78, 5) is 4.16. The van der Waals surface area contributed by atoms with Crippen molar-refractivity contribution in [1.29, 1.82) is 5.26 Å². The number of nitrogens with zero attached hydrogens (tertiary/aromatic N) is 2. The molecule has 3 heteroatoms. The Bertz CT molecular complexity index is 684. The third-order valence-corrected chi connectivity index (χ3v) is 4.06.